The number of rotatable bonds is 3. The summed E-state index contributed by atoms with van der Waals surface area (Å²) in [4.78, 5) is 35.4. The van der Waals surface area contributed by atoms with Gasteiger partial charge < -0.3 is 20.0 Å². The Balaban J connectivity index is 1.23. The number of aromatic nitrogens is 1. The molecule has 2 saturated heterocycles. The Morgan fingerprint density at radius 3 is 2.27 bits per heavy atom. The molecule has 140 valence electrons. The van der Waals surface area contributed by atoms with Crippen LogP contribution in [-0.2, 0) is 4.79 Å². The monoisotopic (exact) mass is 357 g/mol. The first-order valence-electron chi connectivity index (χ1n) is 9.71. The molecule has 3 heterocycles. The third-order valence-electron chi connectivity index (χ3n) is 5.60. The minimum absolute atomic E-state index is 0.0439. The number of carbonyl (C=O) groups is 2. The van der Waals surface area contributed by atoms with Crippen molar-refractivity contribution < 1.29 is 9.59 Å². The first-order chi connectivity index (χ1) is 12.7. The fraction of sp³-hybridized carbons (Fsp3) is 0.632. The minimum atomic E-state index is 0.0439. The molecule has 7 nitrogen and oxygen atoms in total. The van der Waals surface area contributed by atoms with Crippen molar-refractivity contribution in [3.8, 4) is 0 Å². The van der Waals surface area contributed by atoms with Gasteiger partial charge in [0, 0.05) is 57.4 Å². The van der Waals surface area contributed by atoms with Crippen LogP contribution in [0.25, 0.3) is 0 Å². The average Bonchev–Trinajstić information content (AvgIpc) is 3.52. The Hall–Kier alpha value is -2.31. The Labute approximate surface area is 154 Å². The SMILES string of the molecule is O=C(NC1CC1)N1CCC(C(=O)N2CCN(c3ccccn3)CC2)CC1. The van der Waals surface area contributed by atoms with Gasteiger partial charge in [-0.25, -0.2) is 9.78 Å². The molecular formula is C19H27N5O2. The van der Waals surface area contributed by atoms with Crippen LogP contribution in [0.4, 0.5) is 10.6 Å². The summed E-state index contributed by atoms with van der Waals surface area (Å²) in [5.41, 5.74) is 0. The fourth-order valence-corrected chi connectivity index (χ4v) is 3.78. The lowest BCUT2D eigenvalue weighted by Gasteiger charge is -2.39. The molecule has 26 heavy (non-hydrogen) atoms. The molecule has 0 bridgehead atoms. The summed E-state index contributed by atoms with van der Waals surface area (Å²) in [6, 6.07) is 6.35. The molecule has 1 saturated carbocycles. The molecule has 3 fully saturated rings. The topological polar surface area (TPSA) is 68.8 Å². The summed E-state index contributed by atoms with van der Waals surface area (Å²) in [5, 5.41) is 3.03. The van der Waals surface area contributed by atoms with E-state index in [9.17, 15) is 9.59 Å². The van der Waals surface area contributed by atoms with E-state index in [0.717, 1.165) is 57.7 Å². The number of hydrogen-bond acceptors (Lipinski definition) is 4. The van der Waals surface area contributed by atoms with Gasteiger partial charge in [0.05, 0.1) is 0 Å². The van der Waals surface area contributed by atoms with Crippen molar-refractivity contribution in [2.24, 2.45) is 5.92 Å². The summed E-state index contributed by atoms with van der Waals surface area (Å²) in [7, 11) is 0. The highest BCUT2D eigenvalue weighted by Gasteiger charge is 2.33. The quantitative estimate of drug-likeness (QED) is 0.886. The van der Waals surface area contributed by atoms with E-state index in [1.165, 1.54) is 0 Å². The lowest BCUT2D eigenvalue weighted by molar-refractivity contribution is -0.137. The van der Waals surface area contributed by atoms with E-state index in [1.807, 2.05) is 28.0 Å². The summed E-state index contributed by atoms with van der Waals surface area (Å²) in [6.45, 7) is 4.51. The molecule has 2 aliphatic heterocycles. The standard InChI is InChI=1S/C19H27N5O2/c25-18(15-6-9-24(10-7-15)19(26)21-16-4-5-16)23-13-11-22(12-14-23)17-3-1-2-8-20-17/h1-3,8,15-16H,4-7,9-14H2,(H,21,26). The average molecular weight is 357 g/mol. The van der Waals surface area contributed by atoms with E-state index >= 15 is 0 Å². The van der Waals surface area contributed by atoms with Crippen molar-refractivity contribution in [2.45, 2.75) is 31.7 Å². The number of nitrogens with one attached hydrogen (secondary N) is 1. The number of nitrogens with zero attached hydrogens (tertiary/aromatic N) is 4. The Kier molecular flexibility index (Phi) is 4.95. The number of pyridine rings is 1. The van der Waals surface area contributed by atoms with E-state index in [1.54, 1.807) is 6.20 Å². The van der Waals surface area contributed by atoms with Gasteiger partial charge >= 0.3 is 6.03 Å². The second-order valence-electron chi connectivity index (χ2n) is 7.49. The molecule has 1 N–H and O–H groups in total. The maximum atomic E-state index is 12.8. The third-order valence-corrected chi connectivity index (χ3v) is 5.60. The van der Waals surface area contributed by atoms with E-state index in [4.69, 9.17) is 0 Å². The Bertz CT molecular complexity index is 633. The first-order valence-corrected chi connectivity index (χ1v) is 9.71. The van der Waals surface area contributed by atoms with Gasteiger partial charge in [0.25, 0.3) is 0 Å². The lowest BCUT2D eigenvalue weighted by atomic mass is 9.95. The van der Waals surface area contributed by atoms with Crippen molar-refractivity contribution >= 4 is 17.8 Å². The molecule has 4 rings (SSSR count). The van der Waals surface area contributed by atoms with Gasteiger partial charge in [-0.2, -0.15) is 0 Å². The largest absolute Gasteiger partial charge is 0.353 e. The van der Waals surface area contributed by atoms with Crippen molar-refractivity contribution in [1.82, 2.24) is 20.1 Å². The second kappa shape index (κ2) is 7.51. The van der Waals surface area contributed by atoms with Crippen molar-refractivity contribution in [3.05, 3.63) is 24.4 Å². The number of hydrogen-bond donors (Lipinski definition) is 1. The normalized spacial score (nSPS) is 21.6. The van der Waals surface area contributed by atoms with Gasteiger partial charge in [0.2, 0.25) is 5.91 Å². The highest BCUT2D eigenvalue weighted by Crippen LogP contribution is 2.23. The van der Waals surface area contributed by atoms with Gasteiger partial charge in [0.1, 0.15) is 5.82 Å². The number of likely N-dealkylation sites (tertiary alicyclic amines) is 1. The zero-order valence-corrected chi connectivity index (χ0v) is 15.1. The maximum Gasteiger partial charge on any atom is 0.317 e. The van der Waals surface area contributed by atoms with Crippen LogP contribution in [0.15, 0.2) is 24.4 Å². The maximum absolute atomic E-state index is 12.8. The molecule has 7 heteroatoms. The van der Waals surface area contributed by atoms with Gasteiger partial charge in [-0.05, 0) is 37.8 Å². The predicted molar refractivity (Wildman–Crippen MR) is 98.9 cm³/mol. The number of anilines is 1. The van der Waals surface area contributed by atoms with Crippen LogP contribution in [-0.4, -0.2) is 72.0 Å². The van der Waals surface area contributed by atoms with Gasteiger partial charge in [-0.3, -0.25) is 4.79 Å². The molecule has 3 amide bonds. The number of carbonyl (C=O) groups excluding carboxylic acids is 2. The van der Waals surface area contributed by atoms with E-state index in [-0.39, 0.29) is 17.9 Å². The summed E-state index contributed by atoms with van der Waals surface area (Å²) in [6.07, 6.45) is 5.56. The highest BCUT2D eigenvalue weighted by molar-refractivity contribution is 5.80. The van der Waals surface area contributed by atoms with E-state index in [0.29, 0.717) is 19.1 Å². The third kappa shape index (κ3) is 3.92. The smallest absolute Gasteiger partial charge is 0.317 e. The van der Waals surface area contributed by atoms with Gasteiger partial charge in [0.15, 0.2) is 0 Å². The van der Waals surface area contributed by atoms with Crippen LogP contribution in [0.1, 0.15) is 25.7 Å². The lowest BCUT2D eigenvalue weighted by Crippen LogP contribution is -2.52. The van der Waals surface area contributed by atoms with Crippen LogP contribution >= 0.6 is 0 Å². The molecule has 0 aromatic carbocycles. The zero-order valence-electron chi connectivity index (χ0n) is 15.1. The second-order valence-corrected chi connectivity index (χ2v) is 7.49. The number of amides is 3. The van der Waals surface area contributed by atoms with Crippen LogP contribution < -0.4 is 10.2 Å². The van der Waals surface area contributed by atoms with Crippen LogP contribution in [0.3, 0.4) is 0 Å². The van der Waals surface area contributed by atoms with Crippen molar-refractivity contribution in [2.75, 3.05) is 44.2 Å². The molecule has 0 spiro atoms. The Morgan fingerprint density at radius 1 is 0.923 bits per heavy atom. The van der Waals surface area contributed by atoms with Crippen LogP contribution in [0.5, 0.6) is 0 Å². The number of piperidine rings is 1. The summed E-state index contributed by atoms with van der Waals surface area (Å²) >= 11 is 0. The number of urea groups is 1. The van der Waals surface area contributed by atoms with Gasteiger partial charge in [-0.1, -0.05) is 6.07 Å². The van der Waals surface area contributed by atoms with Crippen LogP contribution in [0, 0.1) is 5.92 Å². The summed E-state index contributed by atoms with van der Waals surface area (Å²) in [5.74, 6) is 1.30. The van der Waals surface area contributed by atoms with Crippen molar-refractivity contribution in [1.29, 1.82) is 0 Å². The zero-order chi connectivity index (χ0) is 17.9. The molecule has 1 aliphatic carbocycles. The molecule has 0 atom stereocenters. The fourth-order valence-electron chi connectivity index (χ4n) is 3.78. The van der Waals surface area contributed by atoms with Crippen LogP contribution in [0.2, 0.25) is 0 Å². The van der Waals surface area contributed by atoms with E-state index in [2.05, 4.69) is 15.2 Å². The van der Waals surface area contributed by atoms with Gasteiger partial charge in [-0.15, -0.1) is 0 Å². The Morgan fingerprint density at radius 2 is 1.65 bits per heavy atom. The highest BCUT2D eigenvalue weighted by atomic mass is 16.2. The molecule has 3 aliphatic rings. The molecule has 0 radical (unpaired) electrons. The first kappa shape index (κ1) is 17.1. The minimum Gasteiger partial charge on any atom is -0.353 e. The summed E-state index contributed by atoms with van der Waals surface area (Å²) < 4.78 is 0. The molecule has 0 unspecified atom stereocenters. The molecule has 1 aromatic heterocycles. The molecule has 1 aromatic rings. The number of piperazine rings is 1. The van der Waals surface area contributed by atoms with E-state index < -0.39 is 0 Å². The molecular weight excluding hydrogens is 330 g/mol. The van der Waals surface area contributed by atoms with Crippen molar-refractivity contribution in [3.63, 3.8) is 0 Å². The predicted octanol–water partition coefficient (Wildman–Crippen LogP) is 1.31.